The molecule has 8 heavy (non-hydrogen) atoms. The van der Waals surface area contributed by atoms with E-state index in [2.05, 4.69) is 13.2 Å². The smallest absolute Gasteiger partial charge is 0.0929 e. The van der Waals surface area contributed by atoms with Gasteiger partial charge in [-0.2, -0.15) is 0 Å². The molecule has 2 heteroatoms. The standard InChI is InChI=1S/C4H6F2.C2H4/c5-3-1-2-4-6;1-2/h1,3H,2,4H2;1-2H2/b3-1+;. The van der Waals surface area contributed by atoms with Gasteiger partial charge in [-0.05, 0) is 6.42 Å². The predicted molar refractivity (Wildman–Crippen MR) is 32.1 cm³/mol. The number of halogens is 2. The summed E-state index contributed by atoms with van der Waals surface area (Å²) >= 11 is 0. The second-order valence-corrected chi connectivity index (χ2v) is 0.839. The van der Waals surface area contributed by atoms with E-state index in [4.69, 9.17) is 0 Å². The van der Waals surface area contributed by atoms with E-state index in [1.165, 1.54) is 0 Å². The number of hydrogen-bond acceptors (Lipinski definition) is 0. The maximum atomic E-state index is 11.0. The third kappa shape index (κ3) is 18.4. The number of alkyl halides is 1. The van der Waals surface area contributed by atoms with Gasteiger partial charge in [-0.3, -0.25) is 4.39 Å². The summed E-state index contributed by atoms with van der Waals surface area (Å²) in [5.41, 5.74) is 0. The molecule has 0 saturated heterocycles. The SMILES string of the molecule is C=C.F/C=C/CCF. The van der Waals surface area contributed by atoms with E-state index < -0.39 is 6.67 Å². The van der Waals surface area contributed by atoms with E-state index in [-0.39, 0.29) is 6.42 Å². The summed E-state index contributed by atoms with van der Waals surface area (Å²) in [7, 11) is 0. The van der Waals surface area contributed by atoms with Crippen LogP contribution in [0.3, 0.4) is 0 Å². The summed E-state index contributed by atoms with van der Waals surface area (Å²) in [6.45, 7) is 5.53. The number of rotatable bonds is 2. The molecule has 0 atom stereocenters. The van der Waals surface area contributed by atoms with Crippen molar-refractivity contribution in [3.8, 4) is 0 Å². The molecule has 0 rings (SSSR count). The first-order valence-corrected chi connectivity index (χ1v) is 2.23. The Morgan fingerprint density at radius 1 is 1.38 bits per heavy atom. The zero-order valence-corrected chi connectivity index (χ0v) is 4.74. The number of allylic oxidation sites excluding steroid dienone is 1. The molecule has 0 nitrogen and oxygen atoms in total. The highest BCUT2D eigenvalue weighted by atomic mass is 19.1. The fourth-order valence-corrected chi connectivity index (χ4v) is 0.126. The average molecular weight is 120 g/mol. The highest BCUT2D eigenvalue weighted by Crippen LogP contribution is 1.81. The Morgan fingerprint density at radius 2 is 1.88 bits per heavy atom. The first kappa shape index (κ1) is 10.3. The van der Waals surface area contributed by atoms with Crippen molar-refractivity contribution in [1.82, 2.24) is 0 Å². The van der Waals surface area contributed by atoms with E-state index in [9.17, 15) is 8.78 Å². The molecular formula is C6H10F2. The lowest BCUT2D eigenvalue weighted by Crippen LogP contribution is -1.63. The molecule has 0 amide bonds. The van der Waals surface area contributed by atoms with Crippen molar-refractivity contribution in [2.45, 2.75) is 6.42 Å². The van der Waals surface area contributed by atoms with Gasteiger partial charge in [0.05, 0.1) is 13.0 Å². The van der Waals surface area contributed by atoms with Crippen LogP contribution in [0.5, 0.6) is 0 Å². The quantitative estimate of drug-likeness (QED) is 0.491. The lowest BCUT2D eigenvalue weighted by atomic mass is 10.5. The van der Waals surface area contributed by atoms with E-state index >= 15 is 0 Å². The fraction of sp³-hybridized carbons (Fsp3) is 0.333. The summed E-state index contributed by atoms with van der Waals surface area (Å²) in [6, 6.07) is 0. The summed E-state index contributed by atoms with van der Waals surface area (Å²) in [5.74, 6) is 0. The van der Waals surface area contributed by atoms with Crippen molar-refractivity contribution in [2.75, 3.05) is 6.67 Å². The molecule has 0 aliphatic heterocycles. The first-order chi connectivity index (χ1) is 3.91. The van der Waals surface area contributed by atoms with Gasteiger partial charge in [-0.25, -0.2) is 4.39 Å². The van der Waals surface area contributed by atoms with Gasteiger partial charge in [0.2, 0.25) is 0 Å². The second kappa shape index (κ2) is 16.2. The first-order valence-electron chi connectivity index (χ1n) is 2.23. The van der Waals surface area contributed by atoms with Gasteiger partial charge in [0.1, 0.15) is 0 Å². The minimum atomic E-state index is -0.472. The van der Waals surface area contributed by atoms with Crippen LogP contribution in [0.25, 0.3) is 0 Å². The van der Waals surface area contributed by atoms with Crippen molar-refractivity contribution < 1.29 is 8.78 Å². The molecule has 48 valence electrons. The molecule has 0 aliphatic rings. The van der Waals surface area contributed by atoms with Crippen LogP contribution in [0.15, 0.2) is 25.6 Å². The minimum absolute atomic E-state index is 0.191. The van der Waals surface area contributed by atoms with Crippen molar-refractivity contribution in [1.29, 1.82) is 0 Å². The van der Waals surface area contributed by atoms with Gasteiger partial charge in [-0.1, -0.05) is 6.08 Å². The fourth-order valence-electron chi connectivity index (χ4n) is 0.126. The van der Waals surface area contributed by atoms with Crippen LogP contribution in [0.1, 0.15) is 6.42 Å². The van der Waals surface area contributed by atoms with Crippen molar-refractivity contribution in [3.63, 3.8) is 0 Å². The van der Waals surface area contributed by atoms with Crippen LogP contribution >= 0.6 is 0 Å². The summed E-state index contributed by atoms with van der Waals surface area (Å²) < 4.78 is 21.8. The highest BCUT2D eigenvalue weighted by Gasteiger charge is 1.70. The zero-order chi connectivity index (χ0) is 6.83. The molecule has 0 heterocycles. The molecule has 0 bridgehead atoms. The van der Waals surface area contributed by atoms with E-state index in [1.807, 2.05) is 0 Å². The Labute approximate surface area is 48.5 Å². The van der Waals surface area contributed by atoms with Gasteiger partial charge in [0.25, 0.3) is 0 Å². The zero-order valence-electron chi connectivity index (χ0n) is 4.74. The molecule has 0 radical (unpaired) electrons. The second-order valence-electron chi connectivity index (χ2n) is 0.839. The minimum Gasteiger partial charge on any atom is -0.251 e. The van der Waals surface area contributed by atoms with Crippen LogP contribution in [0, 0.1) is 0 Å². The Hall–Kier alpha value is -0.660. The maximum absolute atomic E-state index is 11.0. The van der Waals surface area contributed by atoms with Crippen molar-refractivity contribution >= 4 is 0 Å². The van der Waals surface area contributed by atoms with Gasteiger partial charge in [0.15, 0.2) is 0 Å². The van der Waals surface area contributed by atoms with E-state index in [1.54, 1.807) is 0 Å². The Morgan fingerprint density at radius 3 is 2.00 bits per heavy atom. The molecule has 0 aliphatic carbocycles. The molecule has 0 aromatic carbocycles. The summed E-state index contributed by atoms with van der Waals surface area (Å²) in [6.07, 6.45) is 1.68. The van der Waals surface area contributed by atoms with Gasteiger partial charge in [0, 0.05) is 0 Å². The predicted octanol–water partition coefficient (Wildman–Crippen LogP) is 2.63. The van der Waals surface area contributed by atoms with Gasteiger partial charge in [-0.15, -0.1) is 13.2 Å². The van der Waals surface area contributed by atoms with Crippen LogP contribution in [-0.4, -0.2) is 6.67 Å². The lowest BCUT2D eigenvalue weighted by Gasteiger charge is -1.71. The van der Waals surface area contributed by atoms with Crippen molar-refractivity contribution in [3.05, 3.63) is 25.6 Å². The lowest BCUT2D eigenvalue weighted by molar-refractivity contribution is 0.499. The van der Waals surface area contributed by atoms with Gasteiger partial charge < -0.3 is 0 Å². The largest absolute Gasteiger partial charge is 0.251 e. The molecular weight excluding hydrogens is 110 g/mol. The topological polar surface area (TPSA) is 0 Å². The molecule has 0 N–H and O–H groups in total. The van der Waals surface area contributed by atoms with Crippen LogP contribution in [0.4, 0.5) is 8.78 Å². The van der Waals surface area contributed by atoms with Crippen molar-refractivity contribution in [2.24, 2.45) is 0 Å². The van der Waals surface area contributed by atoms with Crippen LogP contribution < -0.4 is 0 Å². The molecule has 0 aromatic heterocycles. The molecule has 0 aromatic rings. The number of hydrogen-bond donors (Lipinski definition) is 0. The molecule has 0 fully saturated rings. The van der Waals surface area contributed by atoms with Crippen LogP contribution in [-0.2, 0) is 0 Å². The Bertz CT molecular complexity index is 50.5. The molecule has 0 saturated carbocycles. The highest BCUT2D eigenvalue weighted by molar-refractivity contribution is 4.70. The average Bonchev–Trinajstić information content (AvgIpc) is 1.88. The van der Waals surface area contributed by atoms with Gasteiger partial charge >= 0.3 is 0 Å². The summed E-state index contributed by atoms with van der Waals surface area (Å²) in [5, 5.41) is 0. The third-order valence-electron chi connectivity index (χ3n) is 0.365. The maximum Gasteiger partial charge on any atom is 0.0929 e. The third-order valence-corrected chi connectivity index (χ3v) is 0.365. The summed E-state index contributed by atoms with van der Waals surface area (Å²) in [4.78, 5) is 0. The molecule has 0 unspecified atom stereocenters. The van der Waals surface area contributed by atoms with E-state index in [0.717, 1.165) is 6.08 Å². The Kier molecular flexibility index (Phi) is 21.0. The normalized spacial score (nSPS) is 8.25. The van der Waals surface area contributed by atoms with E-state index in [0.29, 0.717) is 6.33 Å². The van der Waals surface area contributed by atoms with Crippen LogP contribution in [0.2, 0.25) is 0 Å². The Balaban J connectivity index is 0. The monoisotopic (exact) mass is 120 g/mol. The molecule has 0 spiro atoms.